The standard InChI is InChI=1S/C24H24N2O4S/c1-15-22(23(29)30-4)31-24(25-15)26(13-18-5-9-20(10-6-18)16(2)27)14-19-7-11-21(12-8-19)17(3)28/h5-12H,13-14H2,1-4H3. The zero-order chi connectivity index (χ0) is 22.5. The fourth-order valence-corrected chi connectivity index (χ4v) is 4.10. The maximum atomic E-state index is 12.1. The van der Waals surface area contributed by atoms with Gasteiger partial charge in [0.15, 0.2) is 16.7 Å². The molecule has 2 aromatic carbocycles. The van der Waals surface area contributed by atoms with Crippen molar-refractivity contribution < 1.29 is 19.1 Å². The molecule has 1 aromatic heterocycles. The molecule has 0 unspecified atom stereocenters. The van der Waals surface area contributed by atoms with Crippen molar-refractivity contribution in [2.45, 2.75) is 33.9 Å². The molecule has 3 aromatic rings. The second kappa shape index (κ2) is 9.66. The van der Waals surface area contributed by atoms with Gasteiger partial charge in [0.25, 0.3) is 0 Å². The molecule has 160 valence electrons. The lowest BCUT2D eigenvalue weighted by molar-refractivity contribution is 0.0605. The molecular formula is C24H24N2O4S. The number of carbonyl (C=O) groups excluding carboxylic acids is 3. The van der Waals surface area contributed by atoms with Crippen LogP contribution in [0, 0.1) is 6.92 Å². The number of ketones is 2. The Balaban J connectivity index is 1.92. The van der Waals surface area contributed by atoms with Crippen LogP contribution < -0.4 is 4.90 Å². The first-order valence-corrected chi connectivity index (χ1v) is 10.6. The molecule has 3 rings (SSSR count). The SMILES string of the molecule is COC(=O)c1sc(N(Cc2ccc(C(C)=O)cc2)Cc2ccc(C(C)=O)cc2)nc1C. The monoisotopic (exact) mass is 436 g/mol. The van der Waals surface area contributed by atoms with Gasteiger partial charge in [-0.2, -0.15) is 0 Å². The number of esters is 1. The van der Waals surface area contributed by atoms with E-state index in [0.29, 0.717) is 39.9 Å². The second-order valence-electron chi connectivity index (χ2n) is 7.26. The highest BCUT2D eigenvalue weighted by molar-refractivity contribution is 7.17. The van der Waals surface area contributed by atoms with Gasteiger partial charge in [-0.25, -0.2) is 9.78 Å². The Labute approximate surface area is 185 Å². The first-order chi connectivity index (χ1) is 14.8. The summed E-state index contributed by atoms with van der Waals surface area (Å²) in [5, 5.41) is 0.698. The molecule has 0 aliphatic rings. The number of methoxy groups -OCH3 is 1. The van der Waals surface area contributed by atoms with Crippen LogP contribution in [0.15, 0.2) is 48.5 Å². The zero-order valence-electron chi connectivity index (χ0n) is 18.0. The van der Waals surface area contributed by atoms with E-state index in [1.54, 1.807) is 20.8 Å². The van der Waals surface area contributed by atoms with Gasteiger partial charge in [-0.1, -0.05) is 59.9 Å². The third-order valence-corrected chi connectivity index (χ3v) is 6.09. The average molecular weight is 437 g/mol. The average Bonchev–Trinajstić information content (AvgIpc) is 3.15. The number of anilines is 1. The topological polar surface area (TPSA) is 76.6 Å². The van der Waals surface area contributed by atoms with Gasteiger partial charge < -0.3 is 9.64 Å². The van der Waals surface area contributed by atoms with Gasteiger partial charge in [0.1, 0.15) is 4.88 Å². The van der Waals surface area contributed by atoms with E-state index in [-0.39, 0.29) is 11.6 Å². The van der Waals surface area contributed by atoms with Crippen LogP contribution in [0.3, 0.4) is 0 Å². The smallest absolute Gasteiger partial charge is 0.350 e. The van der Waals surface area contributed by atoms with Crippen LogP contribution in [0.2, 0.25) is 0 Å². The fourth-order valence-electron chi connectivity index (χ4n) is 3.12. The Bertz CT molecular complexity index is 1040. The number of Topliss-reactive ketones (excluding diaryl/α,β-unsaturated/α-hetero) is 2. The van der Waals surface area contributed by atoms with E-state index in [1.165, 1.54) is 18.4 Å². The van der Waals surface area contributed by atoms with Crippen LogP contribution >= 0.6 is 11.3 Å². The highest BCUT2D eigenvalue weighted by Crippen LogP contribution is 2.29. The molecule has 0 bridgehead atoms. The number of ether oxygens (including phenoxy) is 1. The Hall–Kier alpha value is -3.32. The summed E-state index contributed by atoms with van der Waals surface area (Å²) >= 11 is 1.29. The Morgan fingerprint density at radius 2 is 1.32 bits per heavy atom. The molecule has 0 fully saturated rings. The molecule has 0 radical (unpaired) electrons. The summed E-state index contributed by atoms with van der Waals surface area (Å²) in [7, 11) is 1.35. The summed E-state index contributed by atoms with van der Waals surface area (Å²) in [6.45, 7) is 5.95. The van der Waals surface area contributed by atoms with E-state index in [0.717, 1.165) is 11.1 Å². The number of rotatable bonds is 8. The van der Waals surface area contributed by atoms with E-state index >= 15 is 0 Å². The van der Waals surface area contributed by atoms with Gasteiger partial charge in [0.05, 0.1) is 12.8 Å². The van der Waals surface area contributed by atoms with Crippen molar-refractivity contribution in [1.29, 1.82) is 0 Å². The summed E-state index contributed by atoms with van der Waals surface area (Å²) in [5.74, 6) is -0.364. The first-order valence-electron chi connectivity index (χ1n) is 9.79. The van der Waals surface area contributed by atoms with E-state index in [9.17, 15) is 14.4 Å². The Morgan fingerprint density at radius 3 is 1.71 bits per heavy atom. The zero-order valence-corrected chi connectivity index (χ0v) is 18.8. The largest absolute Gasteiger partial charge is 0.465 e. The summed E-state index contributed by atoms with van der Waals surface area (Å²) < 4.78 is 4.87. The van der Waals surface area contributed by atoms with Gasteiger partial charge in [0, 0.05) is 24.2 Å². The maximum absolute atomic E-state index is 12.1. The number of aryl methyl sites for hydroxylation is 1. The minimum absolute atomic E-state index is 0.0206. The van der Waals surface area contributed by atoms with Gasteiger partial charge in [-0.05, 0) is 31.9 Å². The Kier molecular flexibility index (Phi) is 6.97. The van der Waals surface area contributed by atoms with Crippen molar-refractivity contribution in [3.63, 3.8) is 0 Å². The molecule has 0 aliphatic heterocycles. The van der Waals surface area contributed by atoms with Gasteiger partial charge >= 0.3 is 5.97 Å². The lowest BCUT2D eigenvalue weighted by atomic mass is 10.1. The fraction of sp³-hybridized carbons (Fsp3) is 0.250. The molecule has 1 heterocycles. The number of thiazole rings is 1. The molecule has 7 heteroatoms. The highest BCUT2D eigenvalue weighted by Gasteiger charge is 2.20. The van der Waals surface area contributed by atoms with Crippen molar-refractivity contribution in [1.82, 2.24) is 4.98 Å². The van der Waals surface area contributed by atoms with Crippen molar-refractivity contribution in [2.24, 2.45) is 0 Å². The van der Waals surface area contributed by atoms with Crippen LogP contribution in [0.25, 0.3) is 0 Å². The number of aromatic nitrogens is 1. The number of benzene rings is 2. The van der Waals surface area contributed by atoms with Crippen molar-refractivity contribution in [3.8, 4) is 0 Å². The second-order valence-corrected chi connectivity index (χ2v) is 8.24. The van der Waals surface area contributed by atoms with E-state index in [2.05, 4.69) is 9.88 Å². The minimum Gasteiger partial charge on any atom is -0.465 e. The minimum atomic E-state index is -0.405. The predicted molar refractivity (Wildman–Crippen MR) is 121 cm³/mol. The molecule has 0 amide bonds. The normalized spacial score (nSPS) is 10.6. The molecule has 31 heavy (non-hydrogen) atoms. The number of hydrogen-bond acceptors (Lipinski definition) is 7. The van der Waals surface area contributed by atoms with Crippen LogP contribution in [0.4, 0.5) is 5.13 Å². The maximum Gasteiger partial charge on any atom is 0.350 e. The van der Waals surface area contributed by atoms with Crippen LogP contribution in [-0.4, -0.2) is 29.6 Å². The number of nitrogens with zero attached hydrogens (tertiary/aromatic N) is 2. The molecule has 0 saturated heterocycles. The third-order valence-electron chi connectivity index (χ3n) is 4.89. The summed E-state index contributed by atoms with van der Waals surface area (Å²) in [4.78, 5) is 42.3. The van der Waals surface area contributed by atoms with E-state index < -0.39 is 5.97 Å². The quantitative estimate of drug-likeness (QED) is 0.371. The molecule has 6 nitrogen and oxygen atoms in total. The molecule has 0 aliphatic carbocycles. The summed E-state index contributed by atoms with van der Waals surface area (Å²) in [5.41, 5.74) is 3.97. The summed E-state index contributed by atoms with van der Waals surface area (Å²) in [6.07, 6.45) is 0. The van der Waals surface area contributed by atoms with Gasteiger partial charge in [0.2, 0.25) is 0 Å². The molecule has 0 N–H and O–H groups in total. The lowest BCUT2D eigenvalue weighted by Crippen LogP contribution is -2.22. The van der Waals surface area contributed by atoms with Crippen molar-refractivity contribution in [3.05, 3.63) is 81.4 Å². The lowest BCUT2D eigenvalue weighted by Gasteiger charge is -2.22. The predicted octanol–water partition coefficient (Wildman–Crippen LogP) is 4.85. The third kappa shape index (κ3) is 5.44. The first kappa shape index (κ1) is 22.4. The van der Waals surface area contributed by atoms with Crippen LogP contribution in [0.5, 0.6) is 0 Å². The molecular weight excluding hydrogens is 412 g/mol. The summed E-state index contributed by atoms with van der Waals surface area (Å²) in [6, 6.07) is 14.9. The Morgan fingerprint density at radius 1 is 0.871 bits per heavy atom. The van der Waals surface area contributed by atoms with Crippen LogP contribution in [-0.2, 0) is 17.8 Å². The van der Waals surface area contributed by atoms with Crippen molar-refractivity contribution >= 4 is 34.0 Å². The van der Waals surface area contributed by atoms with Gasteiger partial charge in [-0.3, -0.25) is 9.59 Å². The van der Waals surface area contributed by atoms with Crippen molar-refractivity contribution in [2.75, 3.05) is 12.0 Å². The highest BCUT2D eigenvalue weighted by atomic mass is 32.1. The van der Waals surface area contributed by atoms with Gasteiger partial charge in [-0.15, -0.1) is 0 Å². The molecule has 0 atom stereocenters. The van der Waals surface area contributed by atoms with E-state index in [4.69, 9.17) is 4.74 Å². The van der Waals surface area contributed by atoms with Crippen LogP contribution in [0.1, 0.15) is 61.1 Å². The molecule has 0 spiro atoms. The molecule has 0 saturated carbocycles. The number of hydrogen-bond donors (Lipinski definition) is 0. The number of carbonyl (C=O) groups is 3. The van der Waals surface area contributed by atoms with E-state index in [1.807, 2.05) is 48.5 Å².